The van der Waals surface area contributed by atoms with E-state index in [1.807, 2.05) is 0 Å². The van der Waals surface area contributed by atoms with Crippen molar-refractivity contribution in [1.82, 2.24) is 0 Å². The maximum atomic E-state index is 11.2. The predicted octanol–water partition coefficient (Wildman–Crippen LogP) is 3.39. The molecule has 0 aliphatic heterocycles. The minimum atomic E-state index is -0.663. The Morgan fingerprint density at radius 2 is 1.75 bits per heavy atom. The van der Waals surface area contributed by atoms with E-state index in [2.05, 4.69) is 20.8 Å². The average molecular weight is 334 g/mol. The van der Waals surface area contributed by atoms with Crippen LogP contribution in [0.25, 0.3) is 0 Å². The smallest absolute Gasteiger partial charge is 0.0825 e. The molecule has 0 amide bonds. The molecule has 4 N–H and O–H groups in total. The molecule has 0 saturated heterocycles. The van der Waals surface area contributed by atoms with Crippen LogP contribution in [0, 0.1) is 28.6 Å². The molecule has 0 aromatic heterocycles. The molecular formula is C21H35NO2. The van der Waals surface area contributed by atoms with Crippen LogP contribution >= 0.6 is 0 Å². The second-order valence-corrected chi connectivity index (χ2v) is 9.88. The monoisotopic (exact) mass is 333 g/mol. The van der Waals surface area contributed by atoms with Crippen LogP contribution in [0.1, 0.15) is 72.1 Å². The van der Waals surface area contributed by atoms with Crippen molar-refractivity contribution >= 4 is 0 Å². The van der Waals surface area contributed by atoms with Crippen LogP contribution in [0.3, 0.4) is 0 Å². The lowest BCUT2D eigenvalue weighted by molar-refractivity contribution is -0.120. The third kappa shape index (κ3) is 2.01. The van der Waals surface area contributed by atoms with E-state index >= 15 is 0 Å². The normalized spacial score (nSPS) is 54.2. The van der Waals surface area contributed by atoms with E-state index in [1.54, 1.807) is 5.57 Å². The van der Waals surface area contributed by atoms with Gasteiger partial charge in [0, 0.05) is 12.0 Å². The number of rotatable bonds is 1. The topological polar surface area (TPSA) is 66.5 Å². The van der Waals surface area contributed by atoms with Gasteiger partial charge >= 0.3 is 0 Å². The van der Waals surface area contributed by atoms with E-state index < -0.39 is 5.60 Å². The lowest BCUT2D eigenvalue weighted by Gasteiger charge is -2.59. The van der Waals surface area contributed by atoms with Crippen molar-refractivity contribution in [3.05, 3.63) is 11.1 Å². The zero-order chi connectivity index (χ0) is 17.3. The number of hydrogen-bond acceptors (Lipinski definition) is 3. The molecule has 0 bridgehead atoms. The Kier molecular flexibility index (Phi) is 3.77. The van der Waals surface area contributed by atoms with E-state index in [1.165, 1.54) is 18.4 Å². The molecule has 4 aliphatic carbocycles. The molecule has 3 fully saturated rings. The Bertz CT molecular complexity index is 572. The minimum absolute atomic E-state index is 0.00869. The zero-order valence-corrected chi connectivity index (χ0v) is 15.6. The fourth-order valence-electron chi connectivity index (χ4n) is 7.54. The molecule has 136 valence electrons. The molecular weight excluding hydrogens is 298 g/mol. The van der Waals surface area contributed by atoms with Gasteiger partial charge in [-0.15, -0.1) is 0 Å². The van der Waals surface area contributed by atoms with Crippen LogP contribution < -0.4 is 5.73 Å². The molecule has 0 radical (unpaired) electrons. The summed E-state index contributed by atoms with van der Waals surface area (Å²) in [4.78, 5) is 0. The van der Waals surface area contributed by atoms with Crippen LogP contribution in [0.5, 0.6) is 0 Å². The van der Waals surface area contributed by atoms with Gasteiger partial charge in [-0.3, -0.25) is 0 Å². The largest absolute Gasteiger partial charge is 0.393 e. The van der Waals surface area contributed by atoms with Gasteiger partial charge in [0.05, 0.1) is 11.7 Å². The van der Waals surface area contributed by atoms with Gasteiger partial charge in [-0.05, 0) is 81.5 Å². The highest BCUT2D eigenvalue weighted by Gasteiger charge is 2.63. The molecule has 3 heteroatoms. The highest BCUT2D eigenvalue weighted by molar-refractivity contribution is 5.31. The van der Waals surface area contributed by atoms with Crippen LogP contribution in [0.15, 0.2) is 11.1 Å². The van der Waals surface area contributed by atoms with Crippen molar-refractivity contribution in [2.24, 2.45) is 34.3 Å². The van der Waals surface area contributed by atoms with Crippen molar-refractivity contribution in [2.45, 2.75) is 83.8 Å². The predicted molar refractivity (Wildman–Crippen MR) is 96.3 cm³/mol. The third-order valence-electron chi connectivity index (χ3n) is 9.10. The van der Waals surface area contributed by atoms with Crippen molar-refractivity contribution in [3.63, 3.8) is 0 Å². The minimum Gasteiger partial charge on any atom is -0.393 e. The summed E-state index contributed by atoms with van der Waals surface area (Å²) in [5.74, 6) is 2.01. The standard InChI is InChI=1S/C21H35NO2/c1-13-10-15-16(19(2)7-4-14(23)11-18(13)19)5-8-20(3)17(15)6-9-21(20,24)12-22/h14-17,23-24H,4-12,22H2,1-3H3/t14-,15+,16-,17-,19+,20-,21-/m0/s1. The van der Waals surface area contributed by atoms with E-state index in [9.17, 15) is 10.2 Å². The number of hydrogen-bond donors (Lipinski definition) is 3. The maximum absolute atomic E-state index is 11.2. The number of allylic oxidation sites excluding steroid dienone is 1. The highest BCUT2D eigenvalue weighted by atomic mass is 16.3. The van der Waals surface area contributed by atoms with Crippen LogP contribution in [0.2, 0.25) is 0 Å². The number of nitrogens with two attached hydrogens (primary N) is 1. The summed E-state index contributed by atoms with van der Waals surface area (Å²) in [5.41, 5.74) is 8.72. The first-order valence-corrected chi connectivity index (χ1v) is 10.0. The summed E-state index contributed by atoms with van der Waals surface area (Å²) < 4.78 is 0. The van der Waals surface area contributed by atoms with Crippen LogP contribution in [0.4, 0.5) is 0 Å². The van der Waals surface area contributed by atoms with Crippen molar-refractivity contribution in [1.29, 1.82) is 0 Å². The Morgan fingerprint density at radius 1 is 1.04 bits per heavy atom. The van der Waals surface area contributed by atoms with Gasteiger partial charge in [-0.1, -0.05) is 25.0 Å². The van der Waals surface area contributed by atoms with Gasteiger partial charge in [0.25, 0.3) is 0 Å². The van der Waals surface area contributed by atoms with Gasteiger partial charge in [-0.25, -0.2) is 0 Å². The van der Waals surface area contributed by atoms with Crippen LogP contribution in [-0.4, -0.2) is 28.5 Å². The SMILES string of the molecule is CC1=C2C[C@@H](O)CC[C@]2(C)[C@H]2CC[C@@]3(C)[C@@H](CC[C@]3(O)CN)[C@@H]2C1. The van der Waals surface area contributed by atoms with E-state index in [0.29, 0.717) is 18.4 Å². The fraction of sp³-hybridized carbons (Fsp3) is 0.905. The van der Waals surface area contributed by atoms with Gasteiger partial charge in [0.2, 0.25) is 0 Å². The quantitative estimate of drug-likeness (QED) is 0.644. The first-order valence-electron chi connectivity index (χ1n) is 10.0. The molecule has 4 aliphatic rings. The summed E-state index contributed by atoms with van der Waals surface area (Å²) >= 11 is 0. The van der Waals surface area contributed by atoms with Gasteiger partial charge < -0.3 is 15.9 Å². The second-order valence-electron chi connectivity index (χ2n) is 9.88. The zero-order valence-electron chi connectivity index (χ0n) is 15.6. The Balaban J connectivity index is 1.72. The van der Waals surface area contributed by atoms with E-state index in [4.69, 9.17) is 5.73 Å². The average Bonchev–Trinajstić information content (AvgIpc) is 2.82. The third-order valence-corrected chi connectivity index (χ3v) is 9.10. The molecule has 4 rings (SSSR count). The van der Waals surface area contributed by atoms with Crippen molar-refractivity contribution in [2.75, 3.05) is 6.54 Å². The Hall–Kier alpha value is -0.380. The lowest BCUT2D eigenvalue weighted by atomic mass is 9.46. The summed E-state index contributed by atoms with van der Waals surface area (Å²) in [6, 6.07) is 0. The molecule has 0 heterocycles. The molecule has 3 nitrogen and oxygen atoms in total. The maximum Gasteiger partial charge on any atom is 0.0825 e. The fourth-order valence-corrected chi connectivity index (χ4v) is 7.54. The van der Waals surface area contributed by atoms with Crippen molar-refractivity contribution in [3.8, 4) is 0 Å². The Morgan fingerprint density at radius 3 is 2.46 bits per heavy atom. The summed E-state index contributed by atoms with van der Waals surface area (Å²) in [6.45, 7) is 7.50. The molecule has 24 heavy (non-hydrogen) atoms. The summed E-state index contributed by atoms with van der Waals surface area (Å²) in [6.07, 6.45) is 8.33. The van der Waals surface area contributed by atoms with Crippen LogP contribution in [-0.2, 0) is 0 Å². The molecule has 0 spiro atoms. The van der Waals surface area contributed by atoms with E-state index in [-0.39, 0.29) is 16.9 Å². The summed E-state index contributed by atoms with van der Waals surface area (Å²) in [7, 11) is 0. The second kappa shape index (κ2) is 5.31. The summed E-state index contributed by atoms with van der Waals surface area (Å²) in [5, 5.41) is 21.4. The Labute approximate surface area is 146 Å². The molecule has 0 aromatic carbocycles. The highest BCUT2D eigenvalue weighted by Crippen LogP contribution is 2.67. The molecule has 0 unspecified atom stereocenters. The molecule has 0 aromatic rings. The molecule has 7 atom stereocenters. The van der Waals surface area contributed by atoms with E-state index in [0.717, 1.165) is 44.4 Å². The number of aliphatic hydroxyl groups excluding tert-OH is 1. The first-order chi connectivity index (χ1) is 11.2. The number of aliphatic hydroxyl groups is 2. The van der Waals surface area contributed by atoms with Crippen molar-refractivity contribution < 1.29 is 10.2 Å². The van der Waals surface area contributed by atoms with Gasteiger partial charge in [0.1, 0.15) is 0 Å². The number of fused-ring (bicyclic) bond motifs is 5. The van der Waals surface area contributed by atoms with Gasteiger partial charge in [0.15, 0.2) is 0 Å². The molecule has 3 saturated carbocycles. The lowest BCUT2D eigenvalue weighted by Crippen LogP contribution is -2.57. The van der Waals surface area contributed by atoms with Gasteiger partial charge in [-0.2, -0.15) is 0 Å². The first kappa shape index (κ1) is 17.1.